The number of fused-ring (bicyclic) bond motifs is 1. The average Bonchev–Trinajstić information content (AvgIpc) is 2.83. The van der Waals surface area contributed by atoms with Crippen molar-refractivity contribution in [3.63, 3.8) is 0 Å². The van der Waals surface area contributed by atoms with Crippen LogP contribution in [0, 0.1) is 0 Å². The number of hydrogen-bond acceptors (Lipinski definition) is 5. The third-order valence-corrected chi connectivity index (χ3v) is 5.59. The Labute approximate surface area is 122 Å². The lowest BCUT2D eigenvalue weighted by atomic mass is 10.2. The number of carbonyl (C=O) groups is 1. The first-order valence-electron chi connectivity index (χ1n) is 6.66. The number of amides is 1. The lowest BCUT2D eigenvalue weighted by Crippen LogP contribution is -2.39. The van der Waals surface area contributed by atoms with Crippen LogP contribution >= 0.6 is 0 Å². The van der Waals surface area contributed by atoms with E-state index in [2.05, 4.69) is 5.32 Å². The molecule has 1 aromatic rings. The highest BCUT2D eigenvalue weighted by Gasteiger charge is 2.33. The summed E-state index contributed by atoms with van der Waals surface area (Å²) in [6.07, 6.45) is 0.157. The third-order valence-electron chi connectivity index (χ3n) is 3.58. The number of carbonyl (C=O) groups excluding carboxylic acids is 1. The molecule has 21 heavy (non-hydrogen) atoms. The minimum absolute atomic E-state index is 0.0946. The van der Waals surface area contributed by atoms with Crippen LogP contribution in [-0.4, -0.2) is 44.6 Å². The van der Waals surface area contributed by atoms with Crippen LogP contribution in [0.1, 0.15) is 13.3 Å². The van der Waals surface area contributed by atoms with Crippen LogP contribution in [-0.2, 0) is 14.8 Å². The van der Waals surface area contributed by atoms with Crippen molar-refractivity contribution in [3.05, 3.63) is 18.2 Å². The highest BCUT2D eigenvalue weighted by molar-refractivity contribution is 7.89. The number of nitrogens with zero attached hydrogens (tertiary/aromatic N) is 1. The summed E-state index contributed by atoms with van der Waals surface area (Å²) >= 11 is 0. The summed E-state index contributed by atoms with van der Waals surface area (Å²) in [6.45, 7) is 2.39. The zero-order valence-electron chi connectivity index (χ0n) is 11.5. The molecular formula is C13H16N2O5S. The van der Waals surface area contributed by atoms with Crippen LogP contribution in [0.4, 0.5) is 0 Å². The fourth-order valence-corrected chi connectivity index (χ4v) is 4.14. The molecule has 2 heterocycles. The summed E-state index contributed by atoms with van der Waals surface area (Å²) in [6, 6.07) is 4.16. The molecule has 1 atom stereocenters. The Kier molecular flexibility index (Phi) is 3.50. The second kappa shape index (κ2) is 5.19. The fraction of sp³-hybridized carbons (Fsp3) is 0.462. The molecule has 114 valence electrons. The molecule has 2 aliphatic rings. The van der Waals surface area contributed by atoms with Gasteiger partial charge in [-0.3, -0.25) is 4.79 Å². The maximum absolute atomic E-state index is 12.7. The van der Waals surface area contributed by atoms with E-state index in [4.69, 9.17) is 9.47 Å². The van der Waals surface area contributed by atoms with E-state index < -0.39 is 10.0 Å². The Hall–Kier alpha value is -1.80. The topological polar surface area (TPSA) is 84.9 Å². The predicted octanol–water partition coefficient (Wildman–Crippen LogP) is 0.314. The molecule has 0 radical (unpaired) electrons. The number of nitrogens with one attached hydrogen (secondary N) is 1. The fourth-order valence-electron chi connectivity index (χ4n) is 2.50. The van der Waals surface area contributed by atoms with E-state index in [0.717, 1.165) is 0 Å². The van der Waals surface area contributed by atoms with E-state index >= 15 is 0 Å². The molecule has 0 saturated carbocycles. The molecule has 0 aliphatic carbocycles. The Morgan fingerprint density at radius 2 is 2.05 bits per heavy atom. The van der Waals surface area contributed by atoms with Gasteiger partial charge in [-0.2, -0.15) is 4.31 Å². The zero-order valence-corrected chi connectivity index (χ0v) is 12.4. The largest absolute Gasteiger partial charge is 0.454 e. The average molecular weight is 312 g/mol. The molecule has 3 rings (SSSR count). The summed E-state index contributed by atoms with van der Waals surface area (Å²) in [5.74, 6) is 0.827. The van der Waals surface area contributed by atoms with Gasteiger partial charge in [0.05, 0.1) is 4.90 Å². The van der Waals surface area contributed by atoms with Crippen molar-refractivity contribution >= 4 is 15.9 Å². The molecule has 0 bridgehead atoms. The lowest BCUT2D eigenvalue weighted by molar-refractivity contribution is -0.121. The van der Waals surface area contributed by atoms with Crippen molar-refractivity contribution in [2.24, 2.45) is 0 Å². The van der Waals surface area contributed by atoms with Gasteiger partial charge in [-0.25, -0.2) is 8.42 Å². The molecule has 1 fully saturated rings. The first-order valence-corrected chi connectivity index (χ1v) is 8.10. The Balaban J connectivity index is 1.94. The zero-order chi connectivity index (χ0) is 15.0. The monoisotopic (exact) mass is 312 g/mol. The van der Waals surface area contributed by atoms with Gasteiger partial charge in [-0.1, -0.05) is 0 Å². The standard InChI is InChI=1S/C13H16N2O5S/c1-9-6-13(16)14-4-5-15(9)21(17,18)10-2-3-11-12(7-10)20-8-19-11/h2-3,7,9H,4-6,8H2,1H3,(H,14,16). The van der Waals surface area contributed by atoms with Crippen molar-refractivity contribution in [2.45, 2.75) is 24.3 Å². The summed E-state index contributed by atoms with van der Waals surface area (Å²) in [7, 11) is -3.67. The second-order valence-corrected chi connectivity index (χ2v) is 6.92. The van der Waals surface area contributed by atoms with Gasteiger partial charge in [-0.15, -0.1) is 0 Å². The lowest BCUT2D eigenvalue weighted by Gasteiger charge is -2.25. The Morgan fingerprint density at radius 1 is 1.29 bits per heavy atom. The minimum atomic E-state index is -3.67. The van der Waals surface area contributed by atoms with E-state index in [1.54, 1.807) is 13.0 Å². The number of hydrogen-bond donors (Lipinski definition) is 1. The van der Waals surface area contributed by atoms with E-state index in [-0.39, 0.29) is 36.6 Å². The highest BCUT2D eigenvalue weighted by Crippen LogP contribution is 2.35. The normalized spacial score (nSPS) is 22.7. The first kappa shape index (κ1) is 14.2. The van der Waals surface area contributed by atoms with Crippen LogP contribution in [0.15, 0.2) is 23.1 Å². The van der Waals surface area contributed by atoms with Gasteiger partial charge in [0.15, 0.2) is 11.5 Å². The number of benzene rings is 1. The molecule has 1 amide bonds. The van der Waals surface area contributed by atoms with Gasteiger partial charge in [0, 0.05) is 31.6 Å². The van der Waals surface area contributed by atoms with E-state index in [9.17, 15) is 13.2 Å². The summed E-state index contributed by atoms with van der Waals surface area (Å²) < 4.78 is 37.2. The van der Waals surface area contributed by atoms with Gasteiger partial charge in [0.1, 0.15) is 0 Å². The van der Waals surface area contributed by atoms with Gasteiger partial charge >= 0.3 is 0 Å². The third kappa shape index (κ3) is 2.56. The van der Waals surface area contributed by atoms with Crippen molar-refractivity contribution in [2.75, 3.05) is 19.9 Å². The molecule has 1 saturated heterocycles. The van der Waals surface area contributed by atoms with E-state index in [1.807, 2.05) is 0 Å². The van der Waals surface area contributed by atoms with Gasteiger partial charge < -0.3 is 14.8 Å². The number of ether oxygens (including phenoxy) is 2. The minimum Gasteiger partial charge on any atom is -0.454 e. The van der Waals surface area contributed by atoms with E-state index in [0.29, 0.717) is 18.0 Å². The van der Waals surface area contributed by atoms with Gasteiger partial charge in [-0.05, 0) is 19.1 Å². The first-order chi connectivity index (χ1) is 9.98. The van der Waals surface area contributed by atoms with Crippen molar-refractivity contribution < 1.29 is 22.7 Å². The van der Waals surface area contributed by atoms with Gasteiger partial charge in [0.25, 0.3) is 0 Å². The van der Waals surface area contributed by atoms with Crippen molar-refractivity contribution in [1.82, 2.24) is 9.62 Å². The SMILES string of the molecule is CC1CC(=O)NCCN1S(=O)(=O)c1ccc2c(c1)OCO2. The maximum Gasteiger partial charge on any atom is 0.243 e. The Bertz CT molecular complexity index is 673. The molecule has 1 N–H and O–H groups in total. The number of rotatable bonds is 2. The predicted molar refractivity (Wildman–Crippen MR) is 73.5 cm³/mol. The molecule has 2 aliphatic heterocycles. The smallest absolute Gasteiger partial charge is 0.243 e. The second-order valence-electron chi connectivity index (χ2n) is 5.03. The van der Waals surface area contributed by atoms with Crippen molar-refractivity contribution in [3.8, 4) is 11.5 Å². The van der Waals surface area contributed by atoms with Crippen LogP contribution in [0.3, 0.4) is 0 Å². The summed E-state index contributed by atoms with van der Waals surface area (Å²) in [5, 5.41) is 2.68. The molecule has 1 unspecified atom stereocenters. The molecule has 0 spiro atoms. The molecule has 1 aromatic carbocycles. The molecule has 0 aromatic heterocycles. The van der Waals surface area contributed by atoms with Crippen LogP contribution < -0.4 is 14.8 Å². The van der Waals surface area contributed by atoms with Crippen LogP contribution in [0.2, 0.25) is 0 Å². The quantitative estimate of drug-likeness (QED) is 0.850. The maximum atomic E-state index is 12.7. The molecule has 7 nitrogen and oxygen atoms in total. The van der Waals surface area contributed by atoms with Crippen LogP contribution in [0.25, 0.3) is 0 Å². The molecular weight excluding hydrogens is 296 g/mol. The van der Waals surface area contributed by atoms with Gasteiger partial charge in [0.2, 0.25) is 22.7 Å². The Morgan fingerprint density at radius 3 is 2.86 bits per heavy atom. The van der Waals surface area contributed by atoms with Crippen LogP contribution in [0.5, 0.6) is 11.5 Å². The molecule has 8 heteroatoms. The highest BCUT2D eigenvalue weighted by atomic mass is 32.2. The van der Waals surface area contributed by atoms with Crippen molar-refractivity contribution in [1.29, 1.82) is 0 Å². The number of sulfonamides is 1. The van der Waals surface area contributed by atoms with E-state index in [1.165, 1.54) is 16.4 Å². The summed E-state index contributed by atoms with van der Waals surface area (Å²) in [4.78, 5) is 11.6. The summed E-state index contributed by atoms with van der Waals surface area (Å²) in [5.41, 5.74) is 0.